The van der Waals surface area contributed by atoms with Gasteiger partial charge in [-0.15, -0.1) is 11.3 Å². The van der Waals surface area contributed by atoms with Crippen molar-refractivity contribution in [3.05, 3.63) is 20.8 Å². The monoisotopic (exact) mass is 423 g/mol. The molecule has 0 spiro atoms. The Morgan fingerprint density at radius 2 is 2.11 bits per heavy atom. The van der Waals surface area contributed by atoms with Gasteiger partial charge in [0, 0.05) is 4.88 Å². The number of esters is 1. The molecule has 3 rings (SSSR count). The van der Waals surface area contributed by atoms with Crippen LogP contribution in [0.3, 0.4) is 0 Å². The fourth-order valence-corrected chi connectivity index (χ4v) is 5.35. The smallest absolute Gasteiger partial charge is 0.328 e. The molecule has 2 heterocycles. The number of thioether (sulfide) groups is 1. The summed E-state index contributed by atoms with van der Waals surface area (Å²) >= 11 is 2.74. The van der Waals surface area contributed by atoms with Crippen molar-refractivity contribution >= 4 is 45.2 Å². The van der Waals surface area contributed by atoms with E-state index in [4.69, 9.17) is 4.74 Å². The number of amides is 1. The van der Waals surface area contributed by atoms with Crippen LogP contribution in [0.1, 0.15) is 43.6 Å². The number of carbonyl (C=O) groups excluding carboxylic acids is 2. The normalized spacial score (nSPS) is 15.7. The number of hydrogen-bond acceptors (Lipinski definition) is 7. The average molecular weight is 424 g/mol. The van der Waals surface area contributed by atoms with Crippen LogP contribution < -0.4 is 10.9 Å². The first kappa shape index (κ1) is 20.9. The zero-order chi connectivity index (χ0) is 20.3. The van der Waals surface area contributed by atoms with E-state index in [9.17, 15) is 14.4 Å². The maximum atomic E-state index is 12.5. The molecule has 2 aromatic heterocycles. The van der Waals surface area contributed by atoms with Gasteiger partial charge in [-0.25, -0.2) is 9.78 Å². The minimum absolute atomic E-state index is 0.0341. The molecule has 0 saturated carbocycles. The maximum Gasteiger partial charge on any atom is 0.328 e. The van der Waals surface area contributed by atoms with Crippen molar-refractivity contribution in [2.75, 3.05) is 12.9 Å². The van der Waals surface area contributed by atoms with Gasteiger partial charge in [0.1, 0.15) is 10.9 Å². The third-order valence-corrected chi connectivity index (χ3v) is 7.19. The Morgan fingerprint density at radius 1 is 1.36 bits per heavy atom. The van der Waals surface area contributed by atoms with Crippen LogP contribution in [0.5, 0.6) is 0 Å². The molecule has 1 aliphatic rings. The first-order valence-corrected chi connectivity index (χ1v) is 11.3. The summed E-state index contributed by atoms with van der Waals surface area (Å²) in [6.07, 6.45) is 4.93. The van der Waals surface area contributed by atoms with E-state index < -0.39 is 12.0 Å². The summed E-state index contributed by atoms with van der Waals surface area (Å²) in [5, 5.41) is 3.85. The molecule has 0 aliphatic heterocycles. The predicted molar refractivity (Wildman–Crippen MR) is 111 cm³/mol. The molecule has 1 amide bonds. The Bertz CT molecular complexity index is 937. The van der Waals surface area contributed by atoms with Gasteiger partial charge in [0.2, 0.25) is 5.91 Å². The summed E-state index contributed by atoms with van der Waals surface area (Å²) in [5.74, 6) is -0.726. The Labute approximate surface area is 171 Å². The Kier molecular flexibility index (Phi) is 6.77. The highest BCUT2D eigenvalue weighted by Crippen LogP contribution is 2.34. The molecule has 2 N–H and O–H groups in total. The Morgan fingerprint density at radius 3 is 2.82 bits per heavy atom. The number of rotatable bonds is 7. The van der Waals surface area contributed by atoms with Crippen molar-refractivity contribution in [1.82, 2.24) is 15.3 Å². The summed E-state index contributed by atoms with van der Waals surface area (Å²) < 4.78 is 4.78. The number of fused-ring (bicyclic) bond motifs is 3. The quantitative estimate of drug-likeness (QED) is 0.403. The van der Waals surface area contributed by atoms with Crippen LogP contribution in [-0.4, -0.2) is 40.7 Å². The second-order valence-corrected chi connectivity index (χ2v) is 9.05. The molecule has 2 aromatic rings. The maximum absolute atomic E-state index is 12.5. The van der Waals surface area contributed by atoms with E-state index in [0.717, 1.165) is 54.3 Å². The van der Waals surface area contributed by atoms with Crippen LogP contribution in [0.2, 0.25) is 0 Å². The number of methoxy groups -OCH3 is 1. The van der Waals surface area contributed by atoms with Gasteiger partial charge in [-0.05, 0) is 37.2 Å². The number of carbonyl (C=O) groups is 2. The molecule has 0 bridgehead atoms. The lowest BCUT2D eigenvalue weighted by Gasteiger charge is -2.21. The van der Waals surface area contributed by atoms with E-state index in [1.165, 1.54) is 12.0 Å². The molecule has 7 nitrogen and oxygen atoms in total. The lowest BCUT2D eigenvalue weighted by atomic mass is 9.97. The van der Waals surface area contributed by atoms with Crippen molar-refractivity contribution in [3.8, 4) is 0 Å². The van der Waals surface area contributed by atoms with Crippen molar-refractivity contribution in [1.29, 1.82) is 0 Å². The van der Waals surface area contributed by atoms with E-state index in [0.29, 0.717) is 10.5 Å². The van der Waals surface area contributed by atoms with Gasteiger partial charge in [-0.3, -0.25) is 9.59 Å². The number of aryl methyl sites for hydroxylation is 2. The minimum Gasteiger partial charge on any atom is -0.467 e. The summed E-state index contributed by atoms with van der Waals surface area (Å²) in [6, 6.07) is -0.679. The first-order chi connectivity index (χ1) is 13.4. The number of aromatic nitrogens is 2. The van der Waals surface area contributed by atoms with Gasteiger partial charge in [-0.1, -0.05) is 32.0 Å². The zero-order valence-corrected chi connectivity index (χ0v) is 17.9. The van der Waals surface area contributed by atoms with Gasteiger partial charge in [0.15, 0.2) is 5.16 Å². The second-order valence-electron chi connectivity index (χ2n) is 7.00. The summed E-state index contributed by atoms with van der Waals surface area (Å²) in [7, 11) is 1.31. The van der Waals surface area contributed by atoms with E-state index in [1.54, 1.807) is 11.3 Å². The molecule has 0 fully saturated rings. The highest BCUT2D eigenvalue weighted by atomic mass is 32.2. The van der Waals surface area contributed by atoms with Crippen molar-refractivity contribution in [3.63, 3.8) is 0 Å². The Balaban J connectivity index is 1.70. The van der Waals surface area contributed by atoms with Gasteiger partial charge in [0.05, 0.1) is 18.2 Å². The highest BCUT2D eigenvalue weighted by molar-refractivity contribution is 7.99. The zero-order valence-electron chi connectivity index (χ0n) is 16.3. The molecule has 0 saturated heterocycles. The lowest BCUT2D eigenvalue weighted by molar-refractivity contribution is -0.146. The van der Waals surface area contributed by atoms with Crippen molar-refractivity contribution in [2.24, 2.45) is 5.92 Å². The van der Waals surface area contributed by atoms with E-state index in [1.807, 2.05) is 13.8 Å². The molecule has 152 valence electrons. The lowest BCUT2D eigenvalue weighted by Crippen LogP contribution is -2.46. The third kappa shape index (κ3) is 4.41. The van der Waals surface area contributed by atoms with Crippen LogP contribution in [0.4, 0.5) is 0 Å². The SMILES string of the molecule is CC[C@@H](C)[C@H](NC(=O)CSc1nc2sc3c(c2c(=O)[nH]1)CCCC3)C(=O)OC. The van der Waals surface area contributed by atoms with Crippen LogP contribution in [0.15, 0.2) is 9.95 Å². The topological polar surface area (TPSA) is 101 Å². The van der Waals surface area contributed by atoms with Gasteiger partial charge in [-0.2, -0.15) is 0 Å². The van der Waals surface area contributed by atoms with Crippen LogP contribution in [-0.2, 0) is 27.2 Å². The largest absolute Gasteiger partial charge is 0.467 e. The fraction of sp³-hybridized carbons (Fsp3) is 0.579. The fourth-order valence-electron chi connectivity index (χ4n) is 3.36. The number of thiophene rings is 1. The number of nitrogens with zero attached hydrogens (tertiary/aromatic N) is 1. The minimum atomic E-state index is -0.679. The average Bonchev–Trinajstić information content (AvgIpc) is 3.08. The predicted octanol–water partition coefficient (Wildman–Crippen LogP) is 2.66. The van der Waals surface area contributed by atoms with E-state index in [-0.39, 0.29) is 23.1 Å². The molecule has 1 aliphatic carbocycles. The van der Waals surface area contributed by atoms with Gasteiger partial charge < -0.3 is 15.0 Å². The second kappa shape index (κ2) is 9.09. The molecule has 0 unspecified atom stereocenters. The van der Waals surface area contributed by atoms with E-state index in [2.05, 4.69) is 15.3 Å². The number of nitrogens with one attached hydrogen (secondary N) is 2. The number of aromatic amines is 1. The summed E-state index contributed by atoms with van der Waals surface area (Å²) in [5.41, 5.74) is 1.00. The van der Waals surface area contributed by atoms with Gasteiger partial charge in [0.25, 0.3) is 5.56 Å². The summed E-state index contributed by atoms with van der Waals surface area (Å²) in [4.78, 5) is 46.1. The first-order valence-electron chi connectivity index (χ1n) is 9.49. The third-order valence-electron chi connectivity index (χ3n) is 5.13. The molecular weight excluding hydrogens is 398 g/mol. The molecule has 28 heavy (non-hydrogen) atoms. The van der Waals surface area contributed by atoms with Crippen LogP contribution in [0, 0.1) is 5.92 Å². The molecule has 0 radical (unpaired) electrons. The standard InChI is InChI=1S/C19H25N3O4S2/c1-4-10(2)15(18(25)26-3)20-13(23)9-27-19-21-16(24)14-11-7-5-6-8-12(11)28-17(14)22-19/h10,15H,4-9H2,1-3H3,(H,20,23)(H,21,22,24)/t10-,15+/m1/s1. The molecular formula is C19H25N3O4S2. The number of ether oxygens (including phenoxy) is 1. The molecule has 9 heteroatoms. The Hall–Kier alpha value is -1.87. The van der Waals surface area contributed by atoms with Gasteiger partial charge >= 0.3 is 5.97 Å². The van der Waals surface area contributed by atoms with Crippen LogP contribution >= 0.6 is 23.1 Å². The highest BCUT2D eigenvalue weighted by Gasteiger charge is 2.27. The van der Waals surface area contributed by atoms with E-state index >= 15 is 0 Å². The van der Waals surface area contributed by atoms with Crippen LogP contribution in [0.25, 0.3) is 10.2 Å². The molecule has 0 aromatic carbocycles. The summed E-state index contributed by atoms with van der Waals surface area (Å²) in [6.45, 7) is 3.84. The van der Waals surface area contributed by atoms with Crippen molar-refractivity contribution in [2.45, 2.75) is 57.1 Å². The molecule has 2 atom stereocenters. The number of H-pyrrole nitrogens is 1. The van der Waals surface area contributed by atoms with Crippen molar-refractivity contribution < 1.29 is 14.3 Å². The number of hydrogen-bond donors (Lipinski definition) is 2.